The molecule has 0 aromatic rings. The first-order chi connectivity index (χ1) is 7.48. The average molecular weight is 223 g/mol. The van der Waals surface area contributed by atoms with E-state index in [0.29, 0.717) is 23.2 Å². The Morgan fingerprint density at radius 3 is 2.56 bits per heavy atom. The number of carbonyl (C=O) groups excluding carboxylic acids is 1. The van der Waals surface area contributed by atoms with Crippen molar-refractivity contribution in [1.29, 1.82) is 0 Å². The number of hydrogen-bond donors (Lipinski definition) is 1. The van der Waals surface area contributed by atoms with Gasteiger partial charge in [-0.3, -0.25) is 4.79 Å². The van der Waals surface area contributed by atoms with Gasteiger partial charge in [0.2, 0.25) is 0 Å². The molecule has 2 fully saturated rings. The van der Waals surface area contributed by atoms with Crippen LogP contribution in [-0.4, -0.2) is 18.4 Å². The summed E-state index contributed by atoms with van der Waals surface area (Å²) in [5.41, 5.74) is 0.359. The van der Waals surface area contributed by atoms with Crippen molar-refractivity contribution in [2.24, 2.45) is 17.3 Å². The van der Waals surface area contributed by atoms with Crippen molar-refractivity contribution in [1.82, 2.24) is 5.32 Å². The quantitative estimate of drug-likeness (QED) is 0.740. The molecule has 1 heterocycles. The molecule has 0 radical (unpaired) electrons. The number of Topliss-reactive ketones (excluding diaryl/α,β-unsaturated/α-hetero) is 1. The lowest BCUT2D eigenvalue weighted by atomic mass is 9.67. The second-order valence-corrected chi connectivity index (χ2v) is 6.61. The Morgan fingerprint density at radius 1 is 1.25 bits per heavy atom. The summed E-state index contributed by atoms with van der Waals surface area (Å²) in [4.78, 5) is 12.0. The molecule has 0 bridgehead atoms. The van der Waals surface area contributed by atoms with Crippen molar-refractivity contribution in [3.05, 3.63) is 0 Å². The van der Waals surface area contributed by atoms with Crippen molar-refractivity contribution in [2.45, 2.75) is 58.9 Å². The van der Waals surface area contributed by atoms with Crippen molar-refractivity contribution in [2.75, 3.05) is 6.54 Å². The van der Waals surface area contributed by atoms with Crippen molar-refractivity contribution >= 4 is 5.78 Å². The zero-order valence-corrected chi connectivity index (χ0v) is 10.9. The molecule has 92 valence electrons. The predicted molar refractivity (Wildman–Crippen MR) is 66.3 cm³/mol. The van der Waals surface area contributed by atoms with E-state index in [2.05, 4.69) is 26.1 Å². The van der Waals surface area contributed by atoms with Crippen LogP contribution in [0, 0.1) is 17.3 Å². The molecule has 2 rings (SSSR count). The summed E-state index contributed by atoms with van der Waals surface area (Å²) in [6.07, 6.45) is 5.47. The first-order valence-corrected chi connectivity index (χ1v) is 6.74. The van der Waals surface area contributed by atoms with E-state index < -0.39 is 0 Å². The van der Waals surface area contributed by atoms with Crippen molar-refractivity contribution in [3.8, 4) is 0 Å². The zero-order valence-electron chi connectivity index (χ0n) is 10.9. The van der Waals surface area contributed by atoms with Crippen LogP contribution in [0.4, 0.5) is 0 Å². The number of rotatable bonds is 1. The molecule has 3 atom stereocenters. The molecular formula is C14H25NO. The average Bonchev–Trinajstić information content (AvgIpc) is 2.69. The molecule has 1 aliphatic heterocycles. The standard InChI is InChI=1S/C14H25NO/c1-14(2,3)10-6-7-13(16)11(9-10)12-5-4-8-15-12/h10-12,15H,4-9H2,1-3H3. The van der Waals surface area contributed by atoms with Crippen molar-refractivity contribution < 1.29 is 4.79 Å². The van der Waals surface area contributed by atoms with E-state index in [-0.39, 0.29) is 0 Å². The van der Waals surface area contributed by atoms with E-state index in [0.717, 1.165) is 31.7 Å². The molecule has 16 heavy (non-hydrogen) atoms. The third-order valence-electron chi connectivity index (χ3n) is 4.50. The first kappa shape index (κ1) is 12.1. The molecule has 1 saturated carbocycles. The fourth-order valence-corrected chi connectivity index (χ4v) is 3.29. The van der Waals surface area contributed by atoms with Crippen LogP contribution in [0.2, 0.25) is 0 Å². The SMILES string of the molecule is CC(C)(C)C1CCC(=O)C(C2CCCN2)C1. The van der Waals surface area contributed by atoms with E-state index in [1.54, 1.807) is 0 Å². The van der Waals surface area contributed by atoms with Gasteiger partial charge >= 0.3 is 0 Å². The number of nitrogens with one attached hydrogen (secondary N) is 1. The van der Waals surface area contributed by atoms with E-state index in [9.17, 15) is 4.79 Å². The van der Waals surface area contributed by atoms with Gasteiger partial charge in [-0.05, 0) is 43.6 Å². The molecule has 2 heteroatoms. The van der Waals surface area contributed by atoms with Crippen LogP contribution in [0.1, 0.15) is 52.9 Å². The highest BCUT2D eigenvalue weighted by atomic mass is 16.1. The monoisotopic (exact) mass is 223 g/mol. The summed E-state index contributed by atoms with van der Waals surface area (Å²) in [6, 6.07) is 0.484. The fraction of sp³-hybridized carbons (Fsp3) is 0.929. The molecule has 0 spiro atoms. The molecule has 0 aromatic heterocycles. The lowest BCUT2D eigenvalue weighted by Crippen LogP contribution is -2.41. The molecule has 2 nitrogen and oxygen atoms in total. The molecule has 0 aromatic carbocycles. The summed E-state index contributed by atoms with van der Waals surface area (Å²) >= 11 is 0. The number of ketones is 1. The molecular weight excluding hydrogens is 198 g/mol. The van der Waals surface area contributed by atoms with Crippen LogP contribution in [-0.2, 0) is 4.79 Å². The minimum absolute atomic E-state index is 0.306. The maximum Gasteiger partial charge on any atom is 0.137 e. The minimum Gasteiger partial charge on any atom is -0.313 e. The van der Waals surface area contributed by atoms with E-state index in [4.69, 9.17) is 0 Å². The fourth-order valence-electron chi connectivity index (χ4n) is 3.29. The third-order valence-corrected chi connectivity index (χ3v) is 4.50. The Balaban J connectivity index is 2.02. The lowest BCUT2D eigenvalue weighted by molar-refractivity contribution is -0.127. The Hall–Kier alpha value is -0.370. The zero-order chi connectivity index (χ0) is 11.8. The predicted octanol–water partition coefficient (Wildman–Crippen LogP) is 2.77. The van der Waals surface area contributed by atoms with Gasteiger partial charge in [0.1, 0.15) is 5.78 Å². The Morgan fingerprint density at radius 2 is 2.00 bits per heavy atom. The number of carbonyl (C=O) groups is 1. The topological polar surface area (TPSA) is 29.1 Å². The van der Waals surface area contributed by atoms with Gasteiger partial charge in [-0.15, -0.1) is 0 Å². The van der Waals surface area contributed by atoms with Gasteiger partial charge in [-0.25, -0.2) is 0 Å². The first-order valence-electron chi connectivity index (χ1n) is 6.74. The van der Waals surface area contributed by atoms with Gasteiger partial charge in [0.15, 0.2) is 0 Å². The Bertz CT molecular complexity index is 260. The summed E-state index contributed by atoms with van der Waals surface area (Å²) in [7, 11) is 0. The van der Waals surface area contributed by atoms with Crippen molar-refractivity contribution in [3.63, 3.8) is 0 Å². The van der Waals surface area contributed by atoms with Gasteiger partial charge in [0, 0.05) is 18.4 Å². The molecule has 0 amide bonds. The highest BCUT2D eigenvalue weighted by Crippen LogP contribution is 2.40. The second-order valence-electron chi connectivity index (χ2n) is 6.61. The van der Waals surface area contributed by atoms with Gasteiger partial charge in [0.25, 0.3) is 0 Å². The highest BCUT2D eigenvalue weighted by molar-refractivity contribution is 5.82. The van der Waals surface area contributed by atoms with E-state index in [1.165, 1.54) is 12.8 Å². The van der Waals surface area contributed by atoms with Crippen LogP contribution in [0.3, 0.4) is 0 Å². The molecule has 1 aliphatic carbocycles. The minimum atomic E-state index is 0.306. The molecule has 1 saturated heterocycles. The van der Waals surface area contributed by atoms with Gasteiger partial charge in [-0.2, -0.15) is 0 Å². The normalized spacial score (nSPS) is 36.7. The summed E-state index contributed by atoms with van der Waals surface area (Å²) in [6.45, 7) is 8.04. The van der Waals surface area contributed by atoms with Crippen LogP contribution in [0.25, 0.3) is 0 Å². The number of hydrogen-bond acceptors (Lipinski definition) is 2. The van der Waals surface area contributed by atoms with E-state index in [1.807, 2.05) is 0 Å². The van der Waals surface area contributed by atoms with Crippen LogP contribution in [0.15, 0.2) is 0 Å². The third kappa shape index (κ3) is 2.48. The molecule has 2 aliphatic rings. The molecule has 3 unspecified atom stereocenters. The van der Waals surface area contributed by atoms with Gasteiger partial charge in [-0.1, -0.05) is 20.8 Å². The van der Waals surface area contributed by atoms with Gasteiger partial charge < -0.3 is 5.32 Å². The lowest BCUT2D eigenvalue weighted by Gasteiger charge is -2.38. The Kier molecular flexibility index (Phi) is 3.39. The largest absolute Gasteiger partial charge is 0.313 e. The smallest absolute Gasteiger partial charge is 0.137 e. The second kappa shape index (κ2) is 4.48. The Labute approximate surface area is 99.2 Å². The van der Waals surface area contributed by atoms with Gasteiger partial charge in [0.05, 0.1) is 0 Å². The summed E-state index contributed by atoms with van der Waals surface area (Å²) in [5, 5.41) is 3.51. The molecule has 1 N–H and O–H groups in total. The summed E-state index contributed by atoms with van der Waals surface area (Å²) < 4.78 is 0. The van der Waals surface area contributed by atoms with Crippen LogP contribution in [0.5, 0.6) is 0 Å². The summed E-state index contributed by atoms with van der Waals surface area (Å²) in [5.74, 6) is 1.54. The highest BCUT2D eigenvalue weighted by Gasteiger charge is 2.39. The van der Waals surface area contributed by atoms with E-state index >= 15 is 0 Å². The van der Waals surface area contributed by atoms with Crippen LogP contribution < -0.4 is 5.32 Å². The maximum absolute atomic E-state index is 12.0. The van der Waals surface area contributed by atoms with Crippen LogP contribution >= 0.6 is 0 Å². The maximum atomic E-state index is 12.0.